The predicted octanol–water partition coefficient (Wildman–Crippen LogP) is 2.65. The number of amidine groups is 1. The van der Waals surface area contributed by atoms with Gasteiger partial charge in [-0.2, -0.15) is 5.26 Å². The van der Waals surface area contributed by atoms with Gasteiger partial charge in [0.15, 0.2) is 5.17 Å². The highest BCUT2D eigenvalue weighted by Gasteiger charge is 2.19. The van der Waals surface area contributed by atoms with Crippen molar-refractivity contribution in [2.24, 2.45) is 4.99 Å². The fraction of sp³-hybridized carbons (Fsp3) is 0.467. The Morgan fingerprint density at radius 1 is 1.32 bits per heavy atom. The van der Waals surface area contributed by atoms with Crippen LogP contribution in [0.3, 0.4) is 0 Å². The second-order valence-electron chi connectivity index (χ2n) is 4.83. The third-order valence-electron chi connectivity index (χ3n) is 3.46. The number of rotatable bonds is 4. The molecule has 7 heteroatoms. The molecule has 1 aliphatic heterocycles. The molecule has 0 amide bonds. The summed E-state index contributed by atoms with van der Waals surface area (Å²) in [5.41, 5.74) is 0. The molecular formula is C15H19BrN4OS. The molecule has 1 aromatic carbocycles. The van der Waals surface area contributed by atoms with Crippen molar-refractivity contribution in [1.29, 1.82) is 5.26 Å². The van der Waals surface area contributed by atoms with Gasteiger partial charge in [-0.3, -0.25) is 4.90 Å². The van der Waals surface area contributed by atoms with Crippen LogP contribution >= 0.6 is 27.7 Å². The Balaban J connectivity index is 1.70. The fourth-order valence-electron chi connectivity index (χ4n) is 2.27. The molecule has 0 saturated carbocycles. The average molecular weight is 383 g/mol. The van der Waals surface area contributed by atoms with Gasteiger partial charge in [0.05, 0.1) is 0 Å². The number of nitriles is 1. The maximum atomic E-state index is 8.68. The maximum Gasteiger partial charge on any atom is 0.208 e. The third kappa shape index (κ3) is 5.20. The molecule has 0 bridgehead atoms. The van der Waals surface area contributed by atoms with E-state index >= 15 is 0 Å². The number of thioether (sulfide) groups is 1. The van der Waals surface area contributed by atoms with E-state index in [0.29, 0.717) is 6.61 Å². The molecule has 1 aromatic rings. The molecule has 1 aliphatic rings. The van der Waals surface area contributed by atoms with Crippen molar-refractivity contribution in [1.82, 2.24) is 9.80 Å². The minimum absolute atomic E-state index is 0.684. The number of benzene rings is 1. The summed E-state index contributed by atoms with van der Waals surface area (Å²) in [7, 11) is 0. The van der Waals surface area contributed by atoms with E-state index in [1.165, 1.54) is 11.8 Å². The first-order chi connectivity index (χ1) is 10.7. The molecule has 0 unspecified atom stereocenters. The Morgan fingerprint density at radius 3 is 2.59 bits per heavy atom. The van der Waals surface area contributed by atoms with Gasteiger partial charge in [0, 0.05) is 37.2 Å². The van der Waals surface area contributed by atoms with Crippen LogP contribution in [0.5, 0.6) is 5.75 Å². The Bertz CT molecular complexity index is 535. The predicted molar refractivity (Wildman–Crippen MR) is 94.2 cm³/mol. The second kappa shape index (κ2) is 9.03. The van der Waals surface area contributed by atoms with Crippen molar-refractivity contribution in [3.63, 3.8) is 0 Å². The largest absolute Gasteiger partial charge is 0.492 e. The summed E-state index contributed by atoms with van der Waals surface area (Å²) in [5.74, 6) is 0.896. The van der Waals surface area contributed by atoms with Crippen molar-refractivity contribution in [2.45, 2.75) is 0 Å². The molecular weight excluding hydrogens is 364 g/mol. The van der Waals surface area contributed by atoms with Gasteiger partial charge in [-0.05, 0) is 30.5 Å². The Morgan fingerprint density at radius 2 is 2.00 bits per heavy atom. The molecule has 0 radical (unpaired) electrons. The molecule has 0 N–H and O–H groups in total. The lowest BCUT2D eigenvalue weighted by atomic mass is 10.3. The quantitative estimate of drug-likeness (QED) is 0.455. The lowest BCUT2D eigenvalue weighted by Gasteiger charge is -2.35. The van der Waals surface area contributed by atoms with Crippen molar-refractivity contribution in [3.8, 4) is 11.9 Å². The zero-order valence-corrected chi connectivity index (χ0v) is 14.9. The lowest BCUT2D eigenvalue weighted by Crippen LogP contribution is -2.48. The number of ether oxygens (including phenoxy) is 1. The Labute approximate surface area is 144 Å². The van der Waals surface area contributed by atoms with E-state index in [4.69, 9.17) is 10.00 Å². The zero-order chi connectivity index (χ0) is 15.8. The van der Waals surface area contributed by atoms with E-state index in [1.54, 1.807) is 0 Å². The van der Waals surface area contributed by atoms with Gasteiger partial charge in [-0.25, -0.2) is 0 Å². The molecule has 1 heterocycles. The van der Waals surface area contributed by atoms with E-state index in [9.17, 15) is 0 Å². The summed E-state index contributed by atoms with van der Waals surface area (Å²) in [6.07, 6.45) is 3.83. The minimum atomic E-state index is 0.684. The number of hydrogen-bond acceptors (Lipinski definition) is 5. The van der Waals surface area contributed by atoms with Gasteiger partial charge in [0.2, 0.25) is 6.19 Å². The van der Waals surface area contributed by atoms with Crippen LogP contribution in [0.1, 0.15) is 0 Å². The molecule has 5 nitrogen and oxygen atoms in total. The second-order valence-corrected chi connectivity index (χ2v) is 6.52. The molecule has 1 fully saturated rings. The van der Waals surface area contributed by atoms with E-state index in [1.807, 2.05) is 36.7 Å². The summed E-state index contributed by atoms with van der Waals surface area (Å²) >= 11 is 4.94. The van der Waals surface area contributed by atoms with Gasteiger partial charge in [0.1, 0.15) is 12.4 Å². The maximum absolute atomic E-state index is 8.68. The van der Waals surface area contributed by atoms with Gasteiger partial charge < -0.3 is 9.64 Å². The van der Waals surface area contributed by atoms with Crippen LogP contribution in [0, 0.1) is 11.5 Å². The number of piperazine rings is 1. The van der Waals surface area contributed by atoms with Gasteiger partial charge >= 0.3 is 0 Å². The molecule has 1 saturated heterocycles. The summed E-state index contributed by atoms with van der Waals surface area (Å²) in [6.45, 7) is 5.33. The van der Waals surface area contributed by atoms with Gasteiger partial charge in [0.25, 0.3) is 0 Å². The first-order valence-corrected chi connectivity index (χ1v) is 9.11. The van der Waals surface area contributed by atoms with Crippen LogP contribution in [0.25, 0.3) is 0 Å². The monoisotopic (exact) mass is 382 g/mol. The highest BCUT2D eigenvalue weighted by Crippen LogP contribution is 2.16. The molecule has 118 valence electrons. The van der Waals surface area contributed by atoms with Crippen LogP contribution in [0.2, 0.25) is 0 Å². The summed E-state index contributed by atoms with van der Waals surface area (Å²) in [6, 6.07) is 7.88. The topological polar surface area (TPSA) is 51.9 Å². The van der Waals surface area contributed by atoms with E-state index < -0.39 is 0 Å². The molecule has 0 spiro atoms. The molecule has 0 atom stereocenters. The molecule has 22 heavy (non-hydrogen) atoms. The molecule has 0 aromatic heterocycles. The first kappa shape index (κ1) is 17.1. The summed E-state index contributed by atoms with van der Waals surface area (Å²) < 4.78 is 6.81. The Kier molecular flexibility index (Phi) is 7.03. The summed E-state index contributed by atoms with van der Waals surface area (Å²) in [4.78, 5) is 8.41. The normalized spacial score (nSPS) is 16.4. The van der Waals surface area contributed by atoms with Crippen LogP contribution in [-0.2, 0) is 0 Å². The van der Waals surface area contributed by atoms with Gasteiger partial charge in [-0.1, -0.05) is 27.7 Å². The highest BCUT2D eigenvalue weighted by atomic mass is 79.9. The SMILES string of the molecule is CS/C(=N\C#N)N1CCN(CCOc2ccc(Br)cc2)CC1. The standard InChI is InChI=1S/C15H19BrN4OS/c1-22-15(18-12-17)20-8-6-19(7-9-20)10-11-21-14-4-2-13(16)3-5-14/h2-5H,6-11H2,1H3/b18-15-. The van der Waals surface area contributed by atoms with Crippen molar-refractivity contribution in [2.75, 3.05) is 45.6 Å². The lowest BCUT2D eigenvalue weighted by molar-refractivity contribution is 0.155. The van der Waals surface area contributed by atoms with Gasteiger partial charge in [-0.15, -0.1) is 4.99 Å². The van der Waals surface area contributed by atoms with Crippen LogP contribution in [0.4, 0.5) is 0 Å². The molecule has 0 aliphatic carbocycles. The summed E-state index contributed by atoms with van der Waals surface area (Å²) in [5, 5.41) is 9.50. The van der Waals surface area contributed by atoms with Crippen LogP contribution < -0.4 is 4.74 Å². The number of aliphatic imine (C=N–C) groups is 1. The van der Waals surface area contributed by atoms with E-state index in [-0.39, 0.29) is 0 Å². The van der Waals surface area contributed by atoms with Crippen molar-refractivity contribution >= 4 is 32.9 Å². The fourth-order valence-corrected chi connectivity index (χ4v) is 3.11. The number of hydrogen-bond donors (Lipinski definition) is 0. The first-order valence-electron chi connectivity index (χ1n) is 7.09. The smallest absolute Gasteiger partial charge is 0.208 e. The third-order valence-corrected chi connectivity index (χ3v) is 4.70. The van der Waals surface area contributed by atoms with Crippen molar-refractivity contribution in [3.05, 3.63) is 28.7 Å². The number of nitrogens with zero attached hydrogens (tertiary/aromatic N) is 4. The molecule has 2 rings (SSSR count). The highest BCUT2D eigenvalue weighted by molar-refractivity contribution is 9.10. The van der Waals surface area contributed by atoms with Crippen molar-refractivity contribution < 1.29 is 4.74 Å². The number of halogens is 1. The zero-order valence-electron chi connectivity index (χ0n) is 12.5. The Hall–Kier alpha value is -1.23. The van der Waals surface area contributed by atoms with Crippen LogP contribution in [0.15, 0.2) is 33.7 Å². The van der Waals surface area contributed by atoms with E-state index in [2.05, 4.69) is 30.7 Å². The average Bonchev–Trinajstić information content (AvgIpc) is 2.55. The van der Waals surface area contributed by atoms with Crippen LogP contribution in [-0.4, -0.2) is 60.6 Å². The minimum Gasteiger partial charge on any atom is -0.492 e. The van der Waals surface area contributed by atoms with E-state index in [0.717, 1.165) is 48.1 Å².